The van der Waals surface area contributed by atoms with Crippen molar-refractivity contribution in [2.45, 2.75) is 24.9 Å². The van der Waals surface area contributed by atoms with Crippen LogP contribution >= 0.6 is 11.3 Å². The fraction of sp³-hybridized carbons (Fsp3) is 0.429. The summed E-state index contributed by atoms with van der Waals surface area (Å²) in [6.07, 6.45) is 0.577. The summed E-state index contributed by atoms with van der Waals surface area (Å²) >= 11 is 1.60. The Bertz CT molecular complexity index is 598. The van der Waals surface area contributed by atoms with E-state index < -0.39 is 11.9 Å². The minimum Gasteiger partial charge on any atom is -0.371 e. The molecule has 2 aromatic heterocycles. The van der Waals surface area contributed by atoms with Crippen LogP contribution in [0.2, 0.25) is 0 Å². The molecule has 1 saturated heterocycles. The van der Waals surface area contributed by atoms with Gasteiger partial charge in [-0.3, -0.25) is 4.98 Å². The standard InChI is InChI=1S/C14H14F3N3S/c15-14(16,17)12-8-11(3-4-18-12)20-6-1-2-10(9-20)13-19-5-7-21-13/h3-5,7-8,10H,1-2,6,9H2. The van der Waals surface area contributed by atoms with E-state index in [-0.39, 0.29) is 0 Å². The molecular weight excluding hydrogens is 299 g/mol. The molecule has 3 heterocycles. The number of halogens is 3. The molecule has 0 spiro atoms. The average molecular weight is 313 g/mol. The maximum atomic E-state index is 12.7. The molecule has 2 aromatic rings. The highest BCUT2D eigenvalue weighted by Crippen LogP contribution is 2.33. The van der Waals surface area contributed by atoms with Crippen LogP contribution in [0.3, 0.4) is 0 Å². The molecule has 3 nitrogen and oxygen atoms in total. The molecule has 112 valence electrons. The van der Waals surface area contributed by atoms with E-state index in [4.69, 9.17) is 0 Å². The fourth-order valence-electron chi connectivity index (χ4n) is 2.62. The molecule has 0 N–H and O–H groups in total. The van der Waals surface area contributed by atoms with Crippen LogP contribution in [0.25, 0.3) is 0 Å². The summed E-state index contributed by atoms with van der Waals surface area (Å²) in [6, 6.07) is 2.77. The first-order valence-electron chi connectivity index (χ1n) is 6.71. The van der Waals surface area contributed by atoms with Gasteiger partial charge in [-0.05, 0) is 25.0 Å². The highest BCUT2D eigenvalue weighted by atomic mass is 32.1. The second kappa shape index (κ2) is 5.63. The van der Waals surface area contributed by atoms with Crippen LogP contribution in [0.5, 0.6) is 0 Å². The van der Waals surface area contributed by atoms with E-state index in [2.05, 4.69) is 9.97 Å². The van der Waals surface area contributed by atoms with Gasteiger partial charge in [0.25, 0.3) is 0 Å². The van der Waals surface area contributed by atoms with Crippen molar-refractivity contribution in [1.29, 1.82) is 0 Å². The number of anilines is 1. The lowest BCUT2D eigenvalue weighted by molar-refractivity contribution is -0.141. The molecule has 0 aliphatic carbocycles. The summed E-state index contributed by atoms with van der Waals surface area (Å²) < 4.78 is 38.2. The number of nitrogens with zero attached hydrogens (tertiary/aromatic N) is 3. The van der Waals surface area contributed by atoms with Gasteiger partial charge in [-0.25, -0.2) is 4.98 Å². The Labute approximate surface area is 124 Å². The van der Waals surface area contributed by atoms with E-state index in [0.29, 0.717) is 18.2 Å². The molecule has 0 radical (unpaired) electrons. The third kappa shape index (κ3) is 3.18. The lowest BCUT2D eigenvalue weighted by Gasteiger charge is -2.33. The van der Waals surface area contributed by atoms with Crippen molar-refractivity contribution in [2.75, 3.05) is 18.0 Å². The highest BCUT2D eigenvalue weighted by Gasteiger charge is 2.33. The van der Waals surface area contributed by atoms with E-state index in [9.17, 15) is 13.2 Å². The van der Waals surface area contributed by atoms with Gasteiger partial charge in [-0.1, -0.05) is 0 Å². The van der Waals surface area contributed by atoms with E-state index >= 15 is 0 Å². The topological polar surface area (TPSA) is 29.0 Å². The molecule has 1 aliphatic heterocycles. The lowest BCUT2D eigenvalue weighted by Crippen LogP contribution is -2.34. The zero-order chi connectivity index (χ0) is 14.9. The summed E-state index contributed by atoms with van der Waals surface area (Å²) in [7, 11) is 0. The van der Waals surface area contributed by atoms with Crippen molar-refractivity contribution in [3.8, 4) is 0 Å². The van der Waals surface area contributed by atoms with Crippen LogP contribution in [-0.4, -0.2) is 23.1 Å². The van der Waals surface area contributed by atoms with Crippen LogP contribution in [0.15, 0.2) is 29.9 Å². The average Bonchev–Trinajstić information content (AvgIpc) is 3.01. The van der Waals surface area contributed by atoms with E-state index in [0.717, 1.165) is 30.5 Å². The van der Waals surface area contributed by atoms with Crippen LogP contribution in [0.1, 0.15) is 29.5 Å². The normalized spacial score (nSPS) is 19.8. The van der Waals surface area contributed by atoms with Crippen molar-refractivity contribution in [1.82, 2.24) is 9.97 Å². The number of piperidine rings is 1. The SMILES string of the molecule is FC(F)(F)c1cc(N2CCCC(c3nccs3)C2)ccn1. The Hall–Kier alpha value is -1.63. The van der Waals surface area contributed by atoms with E-state index in [1.54, 1.807) is 23.6 Å². The third-order valence-corrected chi connectivity index (χ3v) is 4.56. The number of rotatable bonds is 2. The molecule has 21 heavy (non-hydrogen) atoms. The molecule has 0 saturated carbocycles. The Morgan fingerprint density at radius 2 is 2.10 bits per heavy atom. The van der Waals surface area contributed by atoms with Crippen LogP contribution in [0.4, 0.5) is 18.9 Å². The van der Waals surface area contributed by atoms with Gasteiger partial charge in [-0.15, -0.1) is 11.3 Å². The number of thiazole rings is 1. The second-order valence-electron chi connectivity index (χ2n) is 5.05. The van der Waals surface area contributed by atoms with Gasteiger partial charge in [0.1, 0.15) is 5.69 Å². The van der Waals surface area contributed by atoms with Gasteiger partial charge < -0.3 is 4.90 Å². The molecule has 1 fully saturated rings. The quantitative estimate of drug-likeness (QED) is 0.841. The first kappa shape index (κ1) is 14.3. The summed E-state index contributed by atoms with van der Waals surface area (Å²) in [4.78, 5) is 9.73. The zero-order valence-corrected chi connectivity index (χ0v) is 12.0. The van der Waals surface area contributed by atoms with Gasteiger partial charge in [-0.2, -0.15) is 13.2 Å². The molecular formula is C14H14F3N3S. The monoisotopic (exact) mass is 313 g/mol. The summed E-state index contributed by atoms with van der Waals surface area (Å²) in [5.41, 5.74) is -0.255. The first-order valence-corrected chi connectivity index (χ1v) is 7.59. The van der Waals surface area contributed by atoms with Crippen molar-refractivity contribution in [3.05, 3.63) is 40.6 Å². The van der Waals surface area contributed by atoms with Crippen LogP contribution in [-0.2, 0) is 6.18 Å². The van der Waals surface area contributed by atoms with E-state index in [1.165, 1.54) is 6.20 Å². The van der Waals surface area contributed by atoms with Crippen LogP contribution < -0.4 is 4.90 Å². The largest absolute Gasteiger partial charge is 0.433 e. The van der Waals surface area contributed by atoms with Gasteiger partial charge in [0.05, 0.1) is 5.01 Å². The minimum absolute atomic E-state index is 0.293. The molecule has 0 bridgehead atoms. The maximum absolute atomic E-state index is 12.7. The Kier molecular flexibility index (Phi) is 3.84. The lowest BCUT2D eigenvalue weighted by atomic mass is 9.98. The predicted octanol–water partition coefficient (Wildman–Crippen LogP) is 3.94. The van der Waals surface area contributed by atoms with Gasteiger partial charge in [0, 0.05) is 42.5 Å². The first-order chi connectivity index (χ1) is 10.0. The third-order valence-electron chi connectivity index (χ3n) is 3.62. The minimum atomic E-state index is -4.40. The summed E-state index contributed by atoms with van der Waals surface area (Å²) in [5.74, 6) is 0.293. The number of pyridine rings is 1. The molecule has 7 heteroatoms. The smallest absolute Gasteiger partial charge is 0.371 e. The zero-order valence-electron chi connectivity index (χ0n) is 11.2. The van der Waals surface area contributed by atoms with E-state index in [1.807, 2.05) is 10.3 Å². The number of alkyl halides is 3. The van der Waals surface area contributed by atoms with Crippen molar-refractivity contribution in [3.63, 3.8) is 0 Å². The Morgan fingerprint density at radius 1 is 1.24 bits per heavy atom. The number of hydrogen-bond acceptors (Lipinski definition) is 4. The van der Waals surface area contributed by atoms with Gasteiger partial charge >= 0.3 is 6.18 Å². The van der Waals surface area contributed by atoms with Crippen LogP contribution in [0, 0.1) is 0 Å². The predicted molar refractivity (Wildman–Crippen MR) is 75.5 cm³/mol. The highest BCUT2D eigenvalue weighted by molar-refractivity contribution is 7.09. The van der Waals surface area contributed by atoms with Crippen molar-refractivity contribution < 1.29 is 13.2 Å². The maximum Gasteiger partial charge on any atom is 0.433 e. The summed E-state index contributed by atoms with van der Waals surface area (Å²) in [5, 5.41) is 2.99. The molecule has 0 amide bonds. The molecule has 3 rings (SSSR count). The molecule has 0 aromatic carbocycles. The van der Waals surface area contributed by atoms with Crippen molar-refractivity contribution in [2.24, 2.45) is 0 Å². The molecule has 1 unspecified atom stereocenters. The number of aromatic nitrogens is 2. The Balaban J connectivity index is 1.80. The molecule has 1 aliphatic rings. The van der Waals surface area contributed by atoms with Crippen molar-refractivity contribution >= 4 is 17.0 Å². The van der Waals surface area contributed by atoms with Gasteiger partial charge in [0.15, 0.2) is 0 Å². The fourth-order valence-corrected chi connectivity index (χ4v) is 3.39. The number of hydrogen-bond donors (Lipinski definition) is 0. The van der Waals surface area contributed by atoms with Gasteiger partial charge in [0.2, 0.25) is 0 Å². The Morgan fingerprint density at radius 3 is 2.81 bits per heavy atom. The molecule has 1 atom stereocenters. The second-order valence-corrected chi connectivity index (χ2v) is 5.98. The summed E-state index contributed by atoms with van der Waals surface area (Å²) in [6.45, 7) is 1.47.